The molecule has 0 saturated carbocycles. The quantitative estimate of drug-likeness (QED) is 0.914. The third kappa shape index (κ3) is 2.23. The maximum Gasteiger partial charge on any atom is 0.143 e. The zero-order chi connectivity index (χ0) is 14.2. The average molecular weight is 260 g/mol. The van der Waals surface area contributed by atoms with Crippen molar-refractivity contribution in [2.75, 3.05) is 20.7 Å². The molecule has 0 amide bonds. The smallest absolute Gasteiger partial charge is 0.143 e. The minimum Gasteiger partial charge on any atom is -0.495 e. The summed E-state index contributed by atoms with van der Waals surface area (Å²) in [6.07, 6.45) is 2.23. The van der Waals surface area contributed by atoms with Gasteiger partial charge >= 0.3 is 0 Å². The van der Waals surface area contributed by atoms with Gasteiger partial charge in [0.05, 0.1) is 12.6 Å². The zero-order valence-electron chi connectivity index (χ0n) is 12.8. The highest BCUT2D eigenvalue weighted by Crippen LogP contribution is 2.37. The van der Waals surface area contributed by atoms with Crippen LogP contribution in [0.1, 0.15) is 25.0 Å². The van der Waals surface area contributed by atoms with Gasteiger partial charge < -0.3 is 14.6 Å². The number of hydrogen-bond acceptors (Lipinski definition) is 2. The summed E-state index contributed by atoms with van der Waals surface area (Å²) in [7, 11) is 5.82. The number of fused-ring (bicyclic) bond motifs is 1. The first-order valence-electron chi connectivity index (χ1n) is 6.70. The van der Waals surface area contributed by atoms with Crippen molar-refractivity contribution in [3.63, 3.8) is 0 Å². The summed E-state index contributed by atoms with van der Waals surface area (Å²) in [6.45, 7) is 7.66. The Labute approximate surface area is 115 Å². The van der Waals surface area contributed by atoms with Crippen LogP contribution in [0.15, 0.2) is 18.3 Å². The lowest BCUT2D eigenvalue weighted by atomic mass is 9.83. The predicted octanol–water partition coefficient (Wildman–Crippen LogP) is 2.99. The molecule has 0 atom stereocenters. The number of methoxy groups -OCH3 is 1. The molecule has 1 N–H and O–H groups in total. The second kappa shape index (κ2) is 4.89. The van der Waals surface area contributed by atoms with E-state index in [1.807, 2.05) is 13.1 Å². The van der Waals surface area contributed by atoms with Crippen molar-refractivity contribution in [2.24, 2.45) is 7.05 Å². The molecule has 3 nitrogen and oxygen atoms in total. The second-order valence-electron chi connectivity index (χ2n) is 5.88. The first-order chi connectivity index (χ1) is 8.92. The molecule has 2 rings (SSSR count). The van der Waals surface area contributed by atoms with Crippen molar-refractivity contribution in [3.8, 4) is 5.75 Å². The summed E-state index contributed by atoms with van der Waals surface area (Å²) >= 11 is 0. The van der Waals surface area contributed by atoms with E-state index in [0.717, 1.165) is 12.3 Å². The number of nitrogens with zero attached hydrogens (tertiary/aromatic N) is 1. The van der Waals surface area contributed by atoms with Gasteiger partial charge in [-0.05, 0) is 31.2 Å². The lowest BCUT2D eigenvalue weighted by Gasteiger charge is -2.24. The van der Waals surface area contributed by atoms with Crippen molar-refractivity contribution in [2.45, 2.75) is 26.2 Å². The molecule has 0 fully saturated rings. The van der Waals surface area contributed by atoms with E-state index < -0.39 is 0 Å². The van der Waals surface area contributed by atoms with E-state index in [0.29, 0.717) is 0 Å². The van der Waals surface area contributed by atoms with Crippen LogP contribution in [0, 0.1) is 6.92 Å². The maximum atomic E-state index is 5.51. The molecule has 0 spiro atoms. The van der Waals surface area contributed by atoms with E-state index in [1.54, 1.807) is 7.11 Å². The predicted molar refractivity (Wildman–Crippen MR) is 81.2 cm³/mol. The van der Waals surface area contributed by atoms with Crippen LogP contribution < -0.4 is 10.1 Å². The summed E-state index contributed by atoms with van der Waals surface area (Å²) in [6, 6.07) is 4.19. The summed E-state index contributed by atoms with van der Waals surface area (Å²) in [5.41, 5.74) is 3.94. The molecule has 2 aromatic rings. The number of ether oxygens (including phenoxy) is 1. The molecule has 1 heterocycles. The fraction of sp³-hybridized carbons (Fsp3) is 0.500. The van der Waals surface area contributed by atoms with Gasteiger partial charge in [-0.15, -0.1) is 0 Å². The van der Waals surface area contributed by atoms with E-state index in [9.17, 15) is 0 Å². The Morgan fingerprint density at radius 1 is 1.32 bits per heavy atom. The molecule has 0 unspecified atom stereocenters. The van der Waals surface area contributed by atoms with Crippen molar-refractivity contribution >= 4 is 10.9 Å². The fourth-order valence-corrected chi connectivity index (χ4v) is 2.90. The maximum absolute atomic E-state index is 5.51. The van der Waals surface area contributed by atoms with Crippen LogP contribution in [0.5, 0.6) is 5.75 Å². The highest BCUT2D eigenvalue weighted by atomic mass is 16.5. The Morgan fingerprint density at radius 2 is 2.00 bits per heavy atom. The lowest BCUT2D eigenvalue weighted by Crippen LogP contribution is -2.30. The van der Waals surface area contributed by atoms with Crippen LogP contribution in [-0.2, 0) is 12.5 Å². The molecule has 104 valence electrons. The molecular formula is C16H24N2O. The number of aromatic nitrogens is 1. The average Bonchev–Trinajstić information content (AvgIpc) is 2.70. The lowest BCUT2D eigenvalue weighted by molar-refractivity contribution is 0.418. The molecule has 0 aliphatic rings. The van der Waals surface area contributed by atoms with Crippen LogP contribution in [0.2, 0.25) is 0 Å². The normalized spacial score (nSPS) is 12.1. The van der Waals surface area contributed by atoms with Crippen molar-refractivity contribution in [1.29, 1.82) is 0 Å². The van der Waals surface area contributed by atoms with Crippen LogP contribution in [0.4, 0.5) is 0 Å². The molecule has 1 aromatic heterocycles. The second-order valence-corrected chi connectivity index (χ2v) is 5.88. The molecule has 0 radical (unpaired) electrons. The van der Waals surface area contributed by atoms with E-state index in [2.05, 4.69) is 50.0 Å². The van der Waals surface area contributed by atoms with Gasteiger partial charge in [-0.2, -0.15) is 0 Å². The van der Waals surface area contributed by atoms with E-state index >= 15 is 0 Å². The van der Waals surface area contributed by atoms with Gasteiger partial charge in [0.15, 0.2) is 0 Å². The molecule has 0 aliphatic carbocycles. The van der Waals surface area contributed by atoms with Gasteiger partial charge in [0, 0.05) is 30.6 Å². The zero-order valence-corrected chi connectivity index (χ0v) is 12.8. The van der Waals surface area contributed by atoms with Crippen LogP contribution in [-0.4, -0.2) is 25.3 Å². The van der Waals surface area contributed by atoms with Crippen LogP contribution in [0.3, 0.4) is 0 Å². The number of nitrogens with one attached hydrogen (secondary N) is 1. The Morgan fingerprint density at radius 3 is 2.58 bits per heavy atom. The van der Waals surface area contributed by atoms with Gasteiger partial charge in [-0.25, -0.2) is 0 Å². The Hall–Kier alpha value is -1.48. The van der Waals surface area contributed by atoms with Gasteiger partial charge in [-0.3, -0.25) is 0 Å². The molecule has 19 heavy (non-hydrogen) atoms. The first kappa shape index (κ1) is 13.9. The third-order valence-corrected chi connectivity index (χ3v) is 3.86. The Balaban J connectivity index is 2.77. The van der Waals surface area contributed by atoms with Gasteiger partial charge in [0.25, 0.3) is 0 Å². The molecular weight excluding hydrogens is 236 g/mol. The summed E-state index contributed by atoms with van der Waals surface area (Å²) < 4.78 is 7.69. The van der Waals surface area contributed by atoms with E-state index in [1.165, 1.54) is 22.0 Å². The molecule has 0 bridgehead atoms. The van der Waals surface area contributed by atoms with Gasteiger partial charge in [0.1, 0.15) is 5.75 Å². The number of benzene rings is 1. The van der Waals surface area contributed by atoms with Gasteiger partial charge in [-0.1, -0.05) is 19.9 Å². The fourth-order valence-electron chi connectivity index (χ4n) is 2.90. The highest BCUT2D eigenvalue weighted by molar-refractivity contribution is 5.92. The number of likely N-dealkylation sites (N-methyl/N-ethyl adjacent to an activating group) is 1. The van der Waals surface area contributed by atoms with Crippen molar-refractivity contribution in [1.82, 2.24) is 9.88 Å². The first-order valence-corrected chi connectivity index (χ1v) is 6.70. The molecule has 0 saturated heterocycles. The van der Waals surface area contributed by atoms with E-state index in [-0.39, 0.29) is 5.41 Å². The third-order valence-electron chi connectivity index (χ3n) is 3.86. The largest absolute Gasteiger partial charge is 0.495 e. The topological polar surface area (TPSA) is 26.2 Å². The minimum absolute atomic E-state index is 0.0887. The number of rotatable bonds is 4. The van der Waals surface area contributed by atoms with Crippen molar-refractivity contribution in [3.05, 3.63) is 29.5 Å². The SMILES string of the molecule is CNCC(C)(C)c1cn(C)c2c(OC)ccc(C)c12. The summed E-state index contributed by atoms with van der Waals surface area (Å²) in [4.78, 5) is 0. The molecule has 3 heteroatoms. The molecule has 1 aromatic carbocycles. The van der Waals surface area contributed by atoms with Gasteiger partial charge in [0.2, 0.25) is 0 Å². The summed E-state index contributed by atoms with van der Waals surface area (Å²) in [5.74, 6) is 0.939. The number of aryl methyl sites for hydroxylation is 2. The highest BCUT2D eigenvalue weighted by Gasteiger charge is 2.26. The Bertz CT molecular complexity index is 596. The van der Waals surface area contributed by atoms with Crippen LogP contribution >= 0.6 is 0 Å². The van der Waals surface area contributed by atoms with Crippen molar-refractivity contribution < 1.29 is 4.74 Å². The summed E-state index contributed by atoms with van der Waals surface area (Å²) in [5, 5.41) is 4.61. The monoisotopic (exact) mass is 260 g/mol. The van der Waals surface area contributed by atoms with Crippen LogP contribution in [0.25, 0.3) is 10.9 Å². The Kier molecular flexibility index (Phi) is 3.59. The number of hydrogen-bond donors (Lipinski definition) is 1. The minimum atomic E-state index is 0.0887. The molecule has 0 aliphatic heterocycles. The standard InChI is InChI=1S/C16H24N2O/c1-11-7-8-13(19-6)15-14(11)12(9-18(15)5)16(2,3)10-17-4/h7-9,17H,10H2,1-6H3. The van der Waals surface area contributed by atoms with E-state index in [4.69, 9.17) is 4.74 Å².